The first kappa shape index (κ1) is 25.5. The van der Waals surface area contributed by atoms with E-state index in [2.05, 4.69) is 0 Å². The molecule has 0 radical (unpaired) electrons. The number of hydrogen-bond acceptors (Lipinski definition) is 9. The third-order valence-corrected chi connectivity index (χ3v) is 6.18. The van der Waals surface area contributed by atoms with Crippen LogP contribution >= 0.6 is 0 Å². The maximum atomic E-state index is 14.3. The van der Waals surface area contributed by atoms with Crippen molar-refractivity contribution in [2.24, 2.45) is 5.73 Å². The highest BCUT2D eigenvalue weighted by Gasteiger charge is 2.64. The van der Waals surface area contributed by atoms with Gasteiger partial charge in [0.05, 0.1) is 13.7 Å². The molecule has 0 fully saturated rings. The lowest BCUT2D eigenvalue weighted by atomic mass is 9.67. The molecule has 2 aromatic carbocycles. The summed E-state index contributed by atoms with van der Waals surface area (Å²) in [5.74, 6) is -3.70. The summed E-state index contributed by atoms with van der Waals surface area (Å²) in [4.78, 5) is 54.6. The average Bonchev–Trinajstić information content (AvgIpc) is 3.11. The van der Waals surface area contributed by atoms with Crippen LogP contribution in [0.1, 0.15) is 25.0 Å². The summed E-state index contributed by atoms with van der Waals surface area (Å²) < 4.78 is 21.1. The smallest absolute Gasteiger partial charge is 0.341 e. The monoisotopic (exact) mass is 506 g/mol. The number of benzene rings is 2. The van der Waals surface area contributed by atoms with Gasteiger partial charge in [-0.05, 0) is 25.5 Å². The number of rotatable bonds is 7. The van der Waals surface area contributed by atoms with Crippen LogP contribution in [0.15, 0.2) is 77.4 Å². The van der Waals surface area contributed by atoms with Gasteiger partial charge in [0.25, 0.3) is 0 Å². The number of carbonyl (C=O) groups is 4. The van der Waals surface area contributed by atoms with Crippen molar-refractivity contribution in [3.05, 3.63) is 88.5 Å². The standard InChI is InChI=1S/C27H26N2O8/c1-4-35-25(32)22-23(28)37-16(2)21(24(31)34-3)27(22)18-12-8-9-13-19(18)29(26(27)33)14-20(30)36-15-17-10-6-5-7-11-17/h5-13H,4,14-15,28H2,1-3H3. The molecule has 2 aliphatic heterocycles. The summed E-state index contributed by atoms with van der Waals surface area (Å²) in [5, 5.41) is 0. The molecule has 1 unspecified atom stereocenters. The Labute approximate surface area is 213 Å². The molecule has 1 atom stereocenters. The summed E-state index contributed by atoms with van der Waals surface area (Å²) in [6.45, 7) is 2.54. The second kappa shape index (κ2) is 10.2. The highest BCUT2D eigenvalue weighted by molar-refractivity contribution is 6.23. The molecular weight excluding hydrogens is 480 g/mol. The number of amides is 1. The number of fused-ring (bicyclic) bond motifs is 2. The molecule has 0 saturated heterocycles. The van der Waals surface area contributed by atoms with Crippen LogP contribution in [0.25, 0.3) is 0 Å². The maximum absolute atomic E-state index is 14.3. The van der Waals surface area contributed by atoms with Crippen LogP contribution in [-0.4, -0.2) is 44.1 Å². The van der Waals surface area contributed by atoms with E-state index in [1.54, 1.807) is 43.3 Å². The molecule has 37 heavy (non-hydrogen) atoms. The third kappa shape index (κ3) is 4.20. The van der Waals surface area contributed by atoms with E-state index in [1.165, 1.54) is 6.92 Å². The molecule has 0 aromatic heterocycles. The average molecular weight is 507 g/mol. The Kier molecular flexibility index (Phi) is 7.01. The van der Waals surface area contributed by atoms with Crippen molar-refractivity contribution in [2.45, 2.75) is 25.9 Å². The molecule has 0 saturated carbocycles. The van der Waals surface area contributed by atoms with Crippen molar-refractivity contribution < 1.29 is 38.1 Å². The third-order valence-electron chi connectivity index (χ3n) is 6.18. The lowest BCUT2D eigenvalue weighted by Crippen LogP contribution is -2.51. The first-order chi connectivity index (χ1) is 17.8. The Morgan fingerprint density at radius 3 is 2.32 bits per heavy atom. The molecule has 2 heterocycles. The molecule has 1 spiro atoms. The fourth-order valence-corrected chi connectivity index (χ4v) is 4.70. The quantitative estimate of drug-likeness (QED) is 0.443. The number of ether oxygens (including phenoxy) is 4. The lowest BCUT2D eigenvalue weighted by molar-refractivity contribution is -0.144. The van der Waals surface area contributed by atoms with Crippen molar-refractivity contribution in [2.75, 3.05) is 25.2 Å². The number of esters is 3. The first-order valence-corrected chi connectivity index (χ1v) is 11.5. The molecule has 192 valence electrons. The van der Waals surface area contributed by atoms with E-state index in [1.807, 2.05) is 18.2 Å². The molecule has 10 heteroatoms. The predicted molar refractivity (Wildman–Crippen MR) is 130 cm³/mol. The summed E-state index contributed by atoms with van der Waals surface area (Å²) in [7, 11) is 1.14. The molecule has 0 bridgehead atoms. The van der Waals surface area contributed by atoms with E-state index in [9.17, 15) is 19.2 Å². The molecule has 2 N–H and O–H groups in total. The zero-order valence-electron chi connectivity index (χ0n) is 20.6. The van der Waals surface area contributed by atoms with Crippen LogP contribution in [0.2, 0.25) is 0 Å². The fraction of sp³-hybridized carbons (Fsp3) is 0.259. The van der Waals surface area contributed by atoms with Crippen LogP contribution in [0.5, 0.6) is 0 Å². The van der Waals surface area contributed by atoms with E-state index in [4.69, 9.17) is 24.7 Å². The van der Waals surface area contributed by atoms with Crippen molar-refractivity contribution in [3.63, 3.8) is 0 Å². The van der Waals surface area contributed by atoms with Gasteiger partial charge in [-0.3, -0.25) is 14.5 Å². The zero-order valence-corrected chi connectivity index (χ0v) is 20.6. The summed E-state index contributed by atoms with van der Waals surface area (Å²) in [6.07, 6.45) is 0. The van der Waals surface area contributed by atoms with Crippen molar-refractivity contribution in [1.82, 2.24) is 0 Å². The zero-order chi connectivity index (χ0) is 26.7. The Hall–Kier alpha value is -4.60. The van der Waals surface area contributed by atoms with Gasteiger partial charge in [0.1, 0.15) is 35.5 Å². The fourth-order valence-electron chi connectivity index (χ4n) is 4.70. The van der Waals surface area contributed by atoms with Crippen LogP contribution in [0.3, 0.4) is 0 Å². The Balaban J connectivity index is 1.83. The minimum absolute atomic E-state index is 0.00961. The number of methoxy groups -OCH3 is 1. The van der Waals surface area contributed by atoms with Gasteiger partial charge < -0.3 is 24.7 Å². The normalized spacial score (nSPS) is 18.5. The highest BCUT2D eigenvalue weighted by Crippen LogP contribution is 2.54. The van der Waals surface area contributed by atoms with Crippen LogP contribution in [0, 0.1) is 0 Å². The summed E-state index contributed by atoms with van der Waals surface area (Å²) in [5.41, 5.74) is 4.83. The molecule has 1 amide bonds. The number of nitrogens with two attached hydrogens (primary N) is 1. The van der Waals surface area contributed by atoms with E-state index in [0.29, 0.717) is 5.69 Å². The Bertz CT molecular complexity index is 1330. The number of allylic oxidation sites excluding steroid dienone is 1. The Morgan fingerprint density at radius 2 is 1.65 bits per heavy atom. The van der Waals surface area contributed by atoms with Crippen LogP contribution in [-0.2, 0) is 50.1 Å². The van der Waals surface area contributed by atoms with Gasteiger partial charge in [-0.1, -0.05) is 48.5 Å². The van der Waals surface area contributed by atoms with Gasteiger partial charge in [0.15, 0.2) is 0 Å². The Morgan fingerprint density at radius 1 is 0.973 bits per heavy atom. The molecule has 4 rings (SSSR count). The first-order valence-electron chi connectivity index (χ1n) is 11.5. The number of hydrogen-bond donors (Lipinski definition) is 1. The second-order valence-corrected chi connectivity index (χ2v) is 8.29. The minimum atomic E-state index is -2.05. The summed E-state index contributed by atoms with van der Waals surface area (Å²) in [6, 6.07) is 15.6. The number of carbonyl (C=O) groups excluding carboxylic acids is 4. The van der Waals surface area contributed by atoms with Crippen molar-refractivity contribution >= 4 is 29.5 Å². The van der Waals surface area contributed by atoms with Crippen molar-refractivity contribution in [1.29, 1.82) is 0 Å². The van der Waals surface area contributed by atoms with Gasteiger partial charge in [0, 0.05) is 11.3 Å². The van der Waals surface area contributed by atoms with Gasteiger partial charge in [-0.25, -0.2) is 9.59 Å². The molecule has 10 nitrogen and oxygen atoms in total. The molecule has 2 aromatic rings. The van der Waals surface area contributed by atoms with Gasteiger partial charge >= 0.3 is 17.9 Å². The highest BCUT2D eigenvalue weighted by atomic mass is 16.5. The van der Waals surface area contributed by atoms with Gasteiger partial charge in [-0.2, -0.15) is 0 Å². The molecule has 0 aliphatic carbocycles. The largest absolute Gasteiger partial charge is 0.466 e. The van der Waals surface area contributed by atoms with Crippen LogP contribution < -0.4 is 10.6 Å². The second-order valence-electron chi connectivity index (χ2n) is 8.29. The SMILES string of the molecule is CCOC(=O)C1=C(N)OC(C)=C(C(=O)OC)C12C(=O)N(CC(=O)OCc1ccccc1)c1ccccc12. The maximum Gasteiger partial charge on any atom is 0.341 e. The van der Waals surface area contributed by atoms with Gasteiger partial charge in [0.2, 0.25) is 11.8 Å². The molecular formula is C27H26N2O8. The lowest BCUT2D eigenvalue weighted by Gasteiger charge is -2.36. The van der Waals surface area contributed by atoms with E-state index in [0.717, 1.165) is 17.6 Å². The number of anilines is 1. The molecule has 2 aliphatic rings. The summed E-state index contributed by atoms with van der Waals surface area (Å²) >= 11 is 0. The van der Waals surface area contributed by atoms with E-state index in [-0.39, 0.29) is 41.6 Å². The van der Waals surface area contributed by atoms with Crippen molar-refractivity contribution in [3.8, 4) is 0 Å². The van der Waals surface area contributed by atoms with Crippen LogP contribution in [0.4, 0.5) is 5.69 Å². The van der Waals surface area contributed by atoms with E-state index >= 15 is 0 Å². The number of para-hydroxylation sites is 1. The van der Waals surface area contributed by atoms with Gasteiger partial charge in [-0.15, -0.1) is 0 Å². The predicted octanol–water partition coefficient (Wildman–Crippen LogP) is 2.23. The van der Waals surface area contributed by atoms with E-state index < -0.39 is 35.8 Å². The number of nitrogens with zero attached hydrogens (tertiary/aromatic N) is 1. The minimum Gasteiger partial charge on any atom is -0.466 e. The topological polar surface area (TPSA) is 134 Å².